The van der Waals surface area contributed by atoms with Crippen molar-refractivity contribution in [3.05, 3.63) is 46.3 Å². The van der Waals surface area contributed by atoms with Crippen molar-refractivity contribution in [1.82, 2.24) is 10.3 Å². The second-order valence-electron chi connectivity index (χ2n) is 6.77. The minimum Gasteiger partial charge on any atom is -0.358 e. The van der Waals surface area contributed by atoms with E-state index in [0.717, 1.165) is 28.9 Å². The first-order valence-corrected chi connectivity index (χ1v) is 10.7. The van der Waals surface area contributed by atoms with E-state index in [4.69, 9.17) is 0 Å². The van der Waals surface area contributed by atoms with Crippen molar-refractivity contribution in [3.63, 3.8) is 0 Å². The largest absolute Gasteiger partial charge is 0.358 e. The summed E-state index contributed by atoms with van der Waals surface area (Å²) in [6.45, 7) is 8.20. The molecule has 148 valence electrons. The van der Waals surface area contributed by atoms with Crippen molar-refractivity contribution in [2.45, 2.75) is 39.0 Å². The van der Waals surface area contributed by atoms with Gasteiger partial charge < -0.3 is 15.6 Å². The number of nitrogens with one attached hydrogen (secondary N) is 3. The predicted octanol–water partition coefficient (Wildman–Crippen LogP) is 3.39. The predicted molar refractivity (Wildman–Crippen MR) is 113 cm³/mol. The molecule has 3 rings (SSSR count). The molecule has 1 aromatic carbocycles. The number of hydrogen-bond donors (Lipinski definition) is 3. The van der Waals surface area contributed by atoms with Crippen LogP contribution in [-0.2, 0) is 15.6 Å². The number of hydrogen-bond acceptors (Lipinski definition) is 3. The zero-order valence-corrected chi connectivity index (χ0v) is 17.4. The number of amides is 2. The topological polar surface area (TPSA) is 91.1 Å². The molecule has 2 heterocycles. The lowest BCUT2D eigenvalue weighted by Crippen LogP contribution is -2.24. The van der Waals surface area contributed by atoms with E-state index in [1.54, 1.807) is 24.3 Å². The first kappa shape index (κ1) is 20.1. The van der Waals surface area contributed by atoms with Crippen LogP contribution in [0.25, 0.3) is 11.6 Å². The Labute approximate surface area is 167 Å². The molecular weight excluding hydrogens is 374 g/mol. The maximum atomic E-state index is 12.5. The summed E-state index contributed by atoms with van der Waals surface area (Å²) in [7, 11) is -1.10. The monoisotopic (exact) mass is 399 g/mol. The summed E-state index contributed by atoms with van der Waals surface area (Å²) in [5.74, 6) is 0.192. The molecule has 0 fully saturated rings. The van der Waals surface area contributed by atoms with Crippen LogP contribution in [0, 0.1) is 13.8 Å². The van der Waals surface area contributed by atoms with Gasteiger partial charge in [-0.05, 0) is 50.1 Å². The lowest BCUT2D eigenvalue weighted by Gasteiger charge is -2.04. The third kappa shape index (κ3) is 3.67. The van der Waals surface area contributed by atoms with Crippen LogP contribution in [0.2, 0.25) is 0 Å². The van der Waals surface area contributed by atoms with E-state index >= 15 is 0 Å². The van der Waals surface area contributed by atoms with Crippen LogP contribution in [0.5, 0.6) is 0 Å². The molecule has 7 heteroatoms. The van der Waals surface area contributed by atoms with Gasteiger partial charge >= 0.3 is 0 Å². The molecule has 6 nitrogen and oxygen atoms in total. The van der Waals surface area contributed by atoms with E-state index < -0.39 is 10.8 Å². The zero-order valence-electron chi connectivity index (χ0n) is 16.6. The number of anilines is 1. The summed E-state index contributed by atoms with van der Waals surface area (Å²) in [4.78, 5) is 28.9. The highest BCUT2D eigenvalue weighted by Gasteiger charge is 2.26. The van der Waals surface area contributed by atoms with Gasteiger partial charge in [0.25, 0.3) is 11.8 Å². The Bertz CT molecular complexity index is 1000. The summed E-state index contributed by atoms with van der Waals surface area (Å²) >= 11 is 0. The Morgan fingerprint density at radius 1 is 1.25 bits per heavy atom. The lowest BCUT2D eigenvalue weighted by molar-refractivity contribution is -0.110. The van der Waals surface area contributed by atoms with Crippen LogP contribution >= 0.6 is 0 Å². The van der Waals surface area contributed by atoms with Crippen molar-refractivity contribution in [1.29, 1.82) is 0 Å². The number of rotatable bonds is 6. The quantitative estimate of drug-likeness (QED) is 0.650. The number of fused-ring (bicyclic) bond motifs is 1. The second-order valence-corrected chi connectivity index (χ2v) is 8.51. The summed E-state index contributed by atoms with van der Waals surface area (Å²) in [5, 5.41) is 5.74. The smallest absolute Gasteiger partial charge is 0.256 e. The Morgan fingerprint density at radius 3 is 2.68 bits per heavy atom. The average Bonchev–Trinajstić information content (AvgIpc) is 3.14. The first-order valence-electron chi connectivity index (χ1n) is 9.40. The van der Waals surface area contributed by atoms with Gasteiger partial charge in [0.1, 0.15) is 0 Å². The minimum absolute atomic E-state index is 0.116. The van der Waals surface area contributed by atoms with Crippen LogP contribution in [0.15, 0.2) is 23.1 Å². The fraction of sp³-hybridized carbons (Fsp3) is 0.333. The Balaban J connectivity index is 2.03. The number of H-pyrrole nitrogens is 1. The maximum absolute atomic E-state index is 12.5. The summed E-state index contributed by atoms with van der Waals surface area (Å²) in [6, 6.07) is 5.37. The van der Waals surface area contributed by atoms with Crippen molar-refractivity contribution in [2.75, 3.05) is 17.6 Å². The Hall–Kier alpha value is -2.67. The molecule has 0 bridgehead atoms. The van der Waals surface area contributed by atoms with E-state index in [9.17, 15) is 13.8 Å². The highest BCUT2D eigenvalue weighted by molar-refractivity contribution is 7.85. The zero-order chi connectivity index (χ0) is 20.4. The molecule has 1 aromatic heterocycles. The van der Waals surface area contributed by atoms with Gasteiger partial charge in [-0.2, -0.15) is 0 Å². The normalized spacial score (nSPS) is 15.4. The highest BCUT2D eigenvalue weighted by atomic mass is 32.2. The molecule has 0 spiro atoms. The lowest BCUT2D eigenvalue weighted by atomic mass is 10.0. The van der Waals surface area contributed by atoms with Gasteiger partial charge in [0.05, 0.1) is 21.9 Å². The molecule has 28 heavy (non-hydrogen) atoms. The Morgan fingerprint density at radius 2 is 2.00 bits per heavy atom. The fourth-order valence-electron chi connectivity index (χ4n) is 3.35. The van der Waals surface area contributed by atoms with Crippen LogP contribution < -0.4 is 10.6 Å². The van der Waals surface area contributed by atoms with Gasteiger partial charge in [0, 0.05) is 39.8 Å². The standard InChI is InChI=1S/C21H25N3O3S/c1-5-9-22-21(26)19-12(3)18(23-13(19)4)11-16-15-10-14(28(27)6-2)7-8-17(15)24-20(16)25/h7-8,10-11,23H,5-6,9H2,1-4H3,(H,22,26)(H,24,25)/b16-11-. The van der Waals surface area contributed by atoms with E-state index in [-0.39, 0.29) is 11.8 Å². The first-order chi connectivity index (χ1) is 13.4. The molecule has 1 atom stereocenters. The fourth-order valence-corrected chi connectivity index (χ4v) is 4.15. The summed E-state index contributed by atoms with van der Waals surface area (Å²) < 4.78 is 12.2. The molecule has 1 unspecified atom stereocenters. The molecular formula is C21H25N3O3S. The summed E-state index contributed by atoms with van der Waals surface area (Å²) in [6.07, 6.45) is 2.63. The number of carbonyl (C=O) groups excluding carboxylic acids is 2. The minimum atomic E-state index is -1.10. The van der Waals surface area contributed by atoms with E-state index in [1.807, 2.05) is 27.7 Å². The maximum Gasteiger partial charge on any atom is 0.256 e. The number of aromatic amines is 1. The van der Waals surface area contributed by atoms with E-state index in [2.05, 4.69) is 15.6 Å². The van der Waals surface area contributed by atoms with Crippen molar-refractivity contribution >= 4 is 40.0 Å². The van der Waals surface area contributed by atoms with Gasteiger partial charge in [-0.15, -0.1) is 0 Å². The Kier molecular flexibility index (Phi) is 5.84. The van der Waals surface area contributed by atoms with Crippen molar-refractivity contribution < 1.29 is 13.8 Å². The molecule has 0 aliphatic carbocycles. The van der Waals surface area contributed by atoms with Gasteiger partial charge in [-0.1, -0.05) is 13.8 Å². The number of benzene rings is 1. The molecule has 0 saturated heterocycles. The second kappa shape index (κ2) is 8.14. The average molecular weight is 400 g/mol. The molecule has 2 amide bonds. The number of carbonyl (C=O) groups is 2. The highest BCUT2D eigenvalue weighted by Crippen LogP contribution is 2.35. The third-order valence-corrected chi connectivity index (χ3v) is 6.13. The molecule has 0 saturated carbocycles. The van der Waals surface area contributed by atoms with E-state index in [1.165, 1.54) is 0 Å². The van der Waals surface area contributed by atoms with Gasteiger partial charge in [-0.25, -0.2) is 0 Å². The van der Waals surface area contributed by atoms with E-state index in [0.29, 0.717) is 34.0 Å². The van der Waals surface area contributed by atoms with Crippen molar-refractivity contribution in [2.24, 2.45) is 0 Å². The molecule has 3 N–H and O–H groups in total. The van der Waals surface area contributed by atoms with Gasteiger partial charge in [-0.3, -0.25) is 13.8 Å². The SMILES string of the molecule is CCCNC(=O)c1c(C)[nH]c(/C=C2\C(=O)Nc3ccc(S(=O)CC)cc32)c1C. The molecule has 2 aromatic rings. The van der Waals surface area contributed by atoms with Gasteiger partial charge in [0.2, 0.25) is 0 Å². The van der Waals surface area contributed by atoms with Gasteiger partial charge in [0.15, 0.2) is 0 Å². The number of aryl methyl sites for hydroxylation is 1. The van der Waals surface area contributed by atoms with Crippen molar-refractivity contribution in [3.8, 4) is 0 Å². The molecule has 1 aliphatic heterocycles. The molecule has 0 radical (unpaired) electrons. The number of aromatic nitrogens is 1. The van der Waals surface area contributed by atoms with Crippen LogP contribution in [-0.4, -0.2) is 33.3 Å². The third-order valence-electron chi connectivity index (χ3n) is 4.83. The van der Waals surface area contributed by atoms with Crippen LogP contribution in [0.3, 0.4) is 0 Å². The molecule has 1 aliphatic rings. The summed E-state index contributed by atoms with van der Waals surface area (Å²) in [5.41, 5.74) is 4.82. The van der Waals surface area contributed by atoms with Crippen LogP contribution in [0.1, 0.15) is 53.1 Å². The van der Waals surface area contributed by atoms with Crippen LogP contribution in [0.4, 0.5) is 5.69 Å².